The molecule has 32 heavy (non-hydrogen) atoms. The van der Waals surface area contributed by atoms with Gasteiger partial charge < -0.3 is 25.4 Å². The predicted molar refractivity (Wildman–Crippen MR) is 119 cm³/mol. The molecule has 0 aliphatic carbocycles. The Kier molecular flexibility index (Phi) is 6.40. The first kappa shape index (κ1) is 21.8. The highest BCUT2D eigenvalue weighted by Gasteiger charge is 2.29. The number of rotatable bonds is 8. The van der Waals surface area contributed by atoms with E-state index >= 15 is 0 Å². The van der Waals surface area contributed by atoms with E-state index in [-0.39, 0.29) is 24.8 Å². The number of amides is 2. The fraction of sp³-hybridized carbons (Fsp3) is 0.455. The molecule has 1 atom stereocenters. The molecule has 3 N–H and O–H groups in total. The summed E-state index contributed by atoms with van der Waals surface area (Å²) in [7, 11) is 0. The van der Waals surface area contributed by atoms with Gasteiger partial charge in [-0.25, -0.2) is 14.6 Å². The Morgan fingerprint density at radius 2 is 2.06 bits per heavy atom. The minimum Gasteiger partial charge on any atom is -0.465 e. The van der Waals surface area contributed by atoms with E-state index in [1.54, 1.807) is 6.20 Å². The van der Waals surface area contributed by atoms with E-state index in [9.17, 15) is 9.59 Å². The van der Waals surface area contributed by atoms with Crippen molar-refractivity contribution in [3.05, 3.63) is 47.2 Å². The Bertz CT molecular complexity index is 977. The smallest absolute Gasteiger partial charge is 0.415 e. The highest BCUT2D eigenvalue weighted by atomic mass is 16.6. The number of carbonyl (C=O) groups excluding carboxylic acids is 1. The van der Waals surface area contributed by atoms with Crippen LogP contribution in [0.4, 0.5) is 21.4 Å². The van der Waals surface area contributed by atoms with Gasteiger partial charge >= 0.3 is 12.2 Å². The molecule has 0 radical (unpaired) electrons. The number of hydrogen-bond acceptors (Lipinski definition) is 7. The zero-order valence-corrected chi connectivity index (χ0v) is 18.2. The first-order valence-electron chi connectivity index (χ1n) is 10.8. The van der Waals surface area contributed by atoms with Gasteiger partial charge in [-0.3, -0.25) is 4.90 Å². The molecule has 0 bridgehead atoms. The second-order valence-electron chi connectivity index (χ2n) is 8.04. The first-order valence-corrected chi connectivity index (χ1v) is 10.8. The number of benzene rings is 1. The van der Waals surface area contributed by atoms with E-state index in [0.29, 0.717) is 31.4 Å². The van der Waals surface area contributed by atoms with Crippen LogP contribution < -0.4 is 15.5 Å². The fourth-order valence-corrected chi connectivity index (χ4v) is 3.82. The molecule has 2 aliphatic heterocycles. The maximum atomic E-state index is 11.9. The molecule has 10 heteroatoms. The van der Waals surface area contributed by atoms with Crippen LogP contribution in [-0.4, -0.2) is 64.4 Å². The molecule has 170 valence electrons. The maximum absolute atomic E-state index is 11.9. The van der Waals surface area contributed by atoms with Gasteiger partial charge in [0.1, 0.15) is 12.4 Å². The highest BCUT2D eigenvalue weighted by molar-refractivity contribution is 5.89. The summed E-state index contributed by atoms with van der Waals surface area (Å²) in [4.78, 5) is 34.5. The molecule has 3 heterocycles. The van der Waals surface area contributed by atoms with Crippen molar-refractivity contribution in [1.29, 1.82) is 0 Å². The summed E-state index contributed by atoms with van der Waals surface area (Å²) in [5.41, 5.74) is 3.11. The number of hydrogen-bond donors (Lipinski definition) is 3. The summed E-state index contributed by atoms with van der Waals surface area (Å²) < 4.78 is 5.13. The molecular formula is C22H28N6O4. The van der Waals surface area contributed by atoms with Crippen molar-refractivity contribution in [3.8, 4) is 0 Å². The SMILES string of the molecule is CCN1C(=O)OCc2cnc(N[C@@H](C)c3ccc(CCNC4CN(C(=O)O)C4)cc3)nc21. The molecule has 1 aromatic heterocycles. The standard InChI is InChI=1S/C22H28N6O4/c1-3-28-19-17(13-32-22(28)31)10-24-20(26-19)25-14(2)16-6-4-15(5-7-16)8-9-23-18-11-27(12-18)21(29)30/h4-7,10,14,18,23H,3,8-9,11-13H2,1-2H3,(H,29,30)(H,24,25,26)/t14-/m0/s1. The lowest BCUT2D eigenvalue weighted by atomic mass is 10.0. The summed E-state index contributed by atoms with van der Waals surface area (Å²) in [6.07, 6.45) is 1.33. The van der Waals surface area contributed by atoms with Crippen LogP contribution in [0.3, 0.4) is 0 Å². The van der Waals surface area contributed by atoms with Crippen molar-refractivity contribution in [2.45, 2.75) is 39.0 Å². The Morgan fingerprint density at radius 1 is 1.31 bits per heavy atom. The zero-order chi connectivity index (χ0) is 22.7. The van der Waals surface area contributed by atoms with Crippen LogP contribution in [-0.2, 0) is 17.8 Å². The summed E-state index contributed by atoms with van der Waals surface area (Å²) in [5, 5.41) is 15.6. The number of nitrogens with zero attached hydrogens (tertiary/aromatic N) is 4. The largest absolute Gasteiger partial charge is 0.465 e. The summed E-state index contributed by atoms with van der Waals surface area (Å²) >= 11 is 0. The number of anilines is 2. The number of nitrogens with one attached hydrogen (secondary N) is 2. The third-order valence-electron chi connectivity index (χ3n) is 5.81. The molecule has 2 amide bonds. The minimum absolute atomic E-state index is 0.0113. The van der Waals surface area contributed by atoms with E-state index in [1.165, 1.54) is 15.4 Å². The molecule has 1 fully saturated rings. The van der Waals surface area contributed by atoms with Gasteiger partial charge in [0.05, 0.1) is 11.6 Å². The van der Waals surface area contributed by atoms with Crippen LogP contribution in [0.25, 0.3) is 0 Å². The quantitative estimate of drug-likeness (QED) is 0.573. The molecular weight excluding hydrogens is 412 g/mol. The molecule has 0 unspecified atom stereocenters. The molecule has 0 spiro atoms. The molecule has 0 saturated carbocycles. The van der Waals surface area contributed by atoms with Gasteiger partial charge in [0.15, 0.2) is 0 Å². The van der Waals surface area contributed by atoms with Gasteiger partial charge in [0.25, 0.3) is 0 Å². The lowest BCUT2D eigenvalue weighted by molar-refractivity contribution is 0.0962. The maximum Gasteiger partial charge on any atom is 0.415 e. The average Bonchev–Trinajstić information content (AvgIpc) is 2.75. The topological polar surface area (TPSA) is 120 Å². The van der Waals surface area contributed by atoms with E-state index in [4.69, 9.17) is 9.84 Å². The second kappa shape index (κ2) is 9.39. The number of ether oxygens (including phenoxy) is 1. The molecule has 2 aliphatic rings. The number of carbonyl (C=O) groups is 2. The van der Waals surface area contributed by atoms with Crippen LogP contribution in [0.1, 0.15) is 36.6 Å². The average molecular weight is 441 g/mol. The Hall–Kier alpha value is -3.40. The fourth-order valence-electron chi connectivity index (χ4n) is 3.82. The molecule has 1 saturated heterocycles. The highest BCUT2D eigenvalue weighted by Crippen LogP contribution is 2.26. The van der Waals surface area contributed by atoms with Crippen molar-refractivity contribution in [2.75, 3.05) is 36.4 Å². The van der Waals surface area contributed by atoms with Crippen molar-refractivity contribution < 1.29 is 19.4 Å². The van der Waals surface area contributed by atoms with E-state index < -0.39 is 6.09 Å². The number of fused-ring (bicyclic) bond motifs is 1. The molecule has 4 rings (SSSR count). The number of cyclic esters (lactones) is 1. The number of likely N-dealkylation sites (tertiary alicyclic amines) is 1. The van der Waals surface area contributed by atoms with E-state index in [2.05, 4.69) is 44.9 Å². The van der Waals surface area contributed by atoms with Gasteiger partial charge in [-0.15, -0.1) is 0 Å². The van der Waals surface area contributed by atoms with Gasteiger partial charge in [-0.05, 0) is 37.9 Å². The van der Waals surface area contributed by atoms with Crippen molar-refractivity contribution >= 4 is 24.0 Å². The third kappa shape index (κ3) is 4.75. The lowest BCUT2D eigenvalue weighted by Crippen LogP contribution is -2.59. The van der Waals surface area contributed by atoms with Crippen LogP contribution in [0.5, 0.6) is 0 Å². The lowest BCUT2D eigenvalue weighted by Gasteiger charge is -2.37. The van der Waals surface area contributed by atoms with Crippen LogP contribution >= 0.6 is 0 Å². The Labute approximate surface area is 186 Å². The minimum atomic E-state index is -0.854. The van der Waals surface area contributed by atoms with Crippen LogP contribution in [0.2, 0.25) is 0 Å². The van der Waals surface area contributed by atoms with E-state index in [0.717, 1.165) is 24.1 Å². The summed E-state index contributed by atoms with van der Waals surface area (Å²) in [6, 6.07) is 8.59. The Morgan fingerprint density at radius 3 is 2.75 bits per heavy atom. The molecule has 2 aromatic rings. The predicted octanol–water partition coefficient (Wildman–Crippen LogP) is 2.62. The monoisotopic (exact) mass is 440 g/mol. The molecule has 1 aromatic carbocycles. The zero-order valence-electron chi connectivity index (χ0n) is 18.2. The van der Waals surface area contributed by atoms with Gasteiger partial charge in [0, 0.05) is 31.9 Å². The van der Waals surface area contributed by atoms with Crippen molar-refractivity contribution in [1.82, 2.24) is 20.2 Å². The normalized spacial score (nSPS) is 16.8. The first-order chi connectivity index (χ1) is 15.4. The Balaban J connectivity index is 1.30. The summed E-state index contributed by atoms with van der Waals surface area (Å²) in [6.45, 7) is 6.50. The van der Waals surface area contributed by atoms with Crippen LogP contribution in [0.15, 0.2) is 30.5 Å². The molecule has 10 nitrogen and oxygen atoms in total. The second-order valence-corrected chi connectivity index (χ2v) is 8.04. The van der Waals surface area contributed by atoms with Crippen LogP contribution in [0, 0.1) is 0 Å². The van der Waals surface area contributed by atoms with Gasteiger partial charge in [0.2, 0.25) is 5.95 Å². The van der Waals surface area contributed by atoms with Gasteiger partial charge in [-0.1, -0.05) is 24.3 Å². The number of aromatic nitrogens is 2. The number of carboxylic acid groups (broad SMARTS) is 1. The van der Waals surface area contributed by atoms with Crippen molar-refractivity contribution in [2.24, 2.45) is 0 Å². The van der Waals surface area contributed by atoms with E-state index in [1.807, 2.05) is 13.8 Å². The summed E-state index contributed by atoms with van der Waals surface area (Å²) in [5.74, 6) is 1.06. The third-order valence-corrected chi connectivity index (χ3v) is 5.81. The van der Waals surface area contributed by atoms with Gasteiger partial charge in [-0.2, -0.15) is 4.98 Å². The van der Waals surface area contributed by atoms with Crippen molar-refractivity contribution in [3.63, 3.8) is 0 Å².